The number of aryl methyl sites for hydroxylation is 1. The molecule has 1 aromatic rings. The Morgan fingerprint density at radius 2 is 2.24 bits per heavy atom. The van der Waals surface area contributed by atoms with Crippen LogP contribution >= 0.6 is 0 Å². The summed E-state index contributed by atoms with van der Waals surface area (Å²) in [5.41, 5.74) is 6.39. The van der Waals surface area contributed by atoms with Crippen LogP contribution in [0.2, 0.25) is 0 Å². The number of carbonyl (C=O) groups excluding carboxylic acids is 1. The molecule has 1 amide bonds. The van der Waals surface area contributed by atoms with Crippen molar-refractivity contribution in [1.29, 1.82) is 0 Å². The fourth-order valence-electron chi connectivity index (χ4n) is 1.32. The van der Waals surface area contributed by atoms with E-state index >= 15 is 0 Å². The van der Waals surface area contributed by atoms with Crippen LogP contribution in [0.3, 0.4) is 0 Å². The molecule has 0 fully saturated rings. The zero-order valence-corrected chi connectivity index (χ0v) is 10.4. The number of carbonyl (C=O) groups is 1. The number of hydrogen-bond donors (Lipinski definition) is 3. The number of nitrogens with zero attached hydrogens (tertiary/aromatic N) is 2. The molecule has 0 unspecified atom stereocenters. The van der Waals surface area contributed by atoms with E-state index in [1.807, 2.05) is 20.8 Å². The SMILES string of the molecule is Cc1cnc(N)nc1NCCC(=O)NC(C)C. The van der Waals surface area contributed by atoms with Gasteiger partial charge in [-0.15, -0.1) is 0 Å². The first-order valence-electron chi connectivity index (χ1n) is 5.61. The highest BCUT2D eigenvalue weighted by atomic mass is 16.1. The minimum absolute atomic E-state index is 0.0205. The number of nitrogen functional groups attached to an aromatic ring is 1. The Bertz CT molecular complexity index is 391. The molecular weight excluding hydrogens is 218 g/mol. The minimum Gasteiger partial charge on any atom is -0.369 e. The van der Waals surface area contributed by atoms with E-state index in [1.54, 1.807) is 6.20 Å². The largest absolute Gasteiger partial charge is 0.369 e. The predicted octanol–water partition coefficient (Wildman–Crippen LogP) is 0.694. The van der Waals surface area contributed by atoms with Crippen molar-refractivity contribution < 1.29 is 4.79 Å². The Balaban J connectivity index is 2.40. The number of rotatable bonds is 5. The molecule has 0 aliphatic rings. The van der Waals surface area contributed by atoms with Gasteiger partial charge in [-0.3, -0.25) is 4.79 Å². The molecule has 0 aliphatic heterocycles. The van der Waals surface area contributed by atoms with Crippen LogP contribution in [0.25, 0.3) is 0 Å². The molecule has 0 saturated heterocycles. The highest BCUT2D eigenvalue weighted by Crippen LogP contribution is 2.10. The fourth-order valence-corrected chi connectivity index (χ4v) is 1.32. The van der Waals surface area contributed by atoms with Gasteiger partial charge in [0.05, 0.1) is 0 Å². The molecule has 0 saturated carbocycles. The van der Waals surface area contributed by atoms with Crippen molar-refractivity contribution in [2.75, 3.05) is 17.6 Å². The zero-order chi connectivity index (χ0) is 12.8. The van der Waals surface area contributed by atoms with E-state index in [4.69, 9.17) is 5.73 Å². The molecular formula is C11H19N5O. The van der Waals surface area contributed by atoms with Crippen molar-refractivity contribution in [3.8, 4) is 0 Å². The van der Waals surface area contributed by atoms with Gasteiger partial charge < -0.3 is 16.4 Å². The lowest BCUT2D eigenvalue weighted by atomic mass is 10.3. The van der Waals surface area contributed by atoms with Crippen molar-refractivity contribution in [3.63, 3.8) is 0 Å². The summed E-state index contributed by atoms with van der Waals surface area (Å²) in [5, 5.41) is 5.88. The number of hydrogen-bond acceptors (Lipinski definition) is 5. The van der Waals surface area contributed by atoms with E-state index in [0.29, 0.717) is 18.8 Å². The van der Waals surface area contributed by atoms with Gasteiger partial charge in [0.25, 0.3) is 0 Å². The second-order valence-corrected chi connectivity index (χ2v) is 4.16. The number of amides is 1. The van der Waals surface area contributed by atoms with E-state index in [1.165, 1.54) is 0 Å². The molecule has 6 heteroatoms. The summed E-state index contributed by atoms with van der Waals surface area (Å²) in [6.45, 7) is 6.27. The van der Waals surface area contributed by atoms with Crippen LogP contribution in [-0.4, -0.2) is 28.5 Å². The van der Waals surface area contributed by atoms with Crippen molar-refractivity contribution in [2.45, 2.75) is 33.2 Å². The summed E-state index contributed by atoms with van der Waals surface area (Å²) in [6.07, 6.45) is 2.06. The first-order valence-corrected chi connectivity index (χ1v) is 5.61. The first kappa shape index (κ1) is 13.2. The summed E-state index contributed by atoms with van der Waals surface area (Å²) in [4.78, 5) is 19.3. The Morgan fingerprint density at radius 1 is 1.53 bits per heavy atom. The minimum atomic E-state index is 0.0205. The highest BCUT2D eigenvalue weighted by molar-refractivity contribution is 5.76. The van der Waals surface area contributed by atoms with Crippen LogP contribution in [0.15, 0.2) is 6.20 Å². The standard InChI is InChI=1S/C11H19N5O/c1-7(2)15-9(17)4-5-13-10-8(3)6-14-11(12)16-10/h6-7H,4-5H2,1-3H3,(H,15,17)(H3,12,13,14,16). The molecule has 0 bridgehead atoms. The zero-order valence-electron chi connectivity index (χ0n) is 10.4. The molecule has 0 radical (unpaired) electrons. The number of nitrogens with one attached hydrogen (secondary N) is 2. The molecule has 0 spiro atoms. The highest BCUT2D eigenvalue weighted by Gasteiger charge is 2.04. The molecule has 1 heterocycles. The van der Waals surface area contributed by atoms with E-state index in [-0.39, 0.29) is 17.9 Å². The van der Waals surface area contributed by atoms with Crippen LogP contribution in [0.4, 0.5) is 11.8 Å². The molecule has 1 aromatic heterocycles. The Morgan fingerprint density at radius 3 is 2.88 bits per heavy atom. The molecule has 0 aliphatic carbocycles. The summed E-state index contributed by atoms with van der Waals surface area (Å²) >= 11 is 0. The van der Waals surface area contributed by atoms with Gasteiger partial charge in [-0.1, -0.05) is 0 Å². The topological polar surface area (TPSA) is 92.9 Å². The van der Waals surface area contributed by atoms with Gasteiger partial charge in [0.15, 0.2) is 0 Å². The van der Waals surface area contributed by atoms with E-state index < -0.39 is 0 Å². The smallest absolute Gasteiger partial charge is 0.221 e. The van der Waals surface area contributed by atoms with Crippen LogP contribution in [-0.2, 0) is 4.79 Å². The maximum Gasteiger partial charge on any atom is 0.221 e. The molecule has 0 atom stereocenters. The Labute approximate surface area is 101 Å². The monoisotopic (exact) mass is 237 g/mol. The van der Waals surface area contributed by atoms with Crippen molar-refractivity contribution in [3.05, 3.63) is 11.8 Å². The molecule has 6 nitrogen and oxygen atoms in total. The lowest BCUT2D eigenvalue weighted by Gasteiger charge is -2.10. The number of nitrogens with two attached hydrogens (primary N) is 1. The van der Waals surface area contributed by atoms with Crippen LogP contribution in [0, 0.1) is 6.92 Å². The third-order valence-corrected chi connectivity index (χ3v) is 2.08. The Kier molecular flexibility index (Phi) is 4.68. The predicted molar refractivity (Wildman–Crippen MR) is 67.6 cm³/mol. The van der Waals surface area contributed by atoms with Gasteiger partial charge in [0.2, 0.25) is 11.9 Å². The summed E-state index contributed by atoms with van der Waals surface area (Å²) in [7, 11) is 0. The second kappa shape index (κ2) is 6.03. The van der Waals surface area contributed by atoms with Gasteiger partial charge in [0.1, 0.15) is 5.82 Å². The van der Waals surface area contributed by atoms with Gasteiger partial charge in [-0.25, -0.2) is 4.98 Å². The first-order chi connectivity index (χ1) is 7.99. The van der Waals surface area contributed by atoms with Crippen LogP contribution in [0.5, 0.6) is 0 Å². The van der Waals surface area contributed by atoms with Gasteiger partial charge in [0, 0.05) is 30.8 Å². The molecule has 1 rings (SSSR count). The van der Waals surface area contributed by atoms with E-state index in [2.05, 4.69) is 20.6 Å². The second-order valence-electron chi connectivity index (χ2n) is 4.16. The lowest BCUT2D eigenvalue weighted by Crippen LogP contribution is -2.31. The fraction of sp³-hybridized carbons (Fsp3) is 0.545. The Hall–Kier alpha value is -1.85. The van der Waals surface area contributed by atoms with Gasteiger partial charge in [-0.2, -0.15) is 4.98 Å². The molecule has 0 aromatic carbocycles. The average molecular weight is 237 g/mol. The van der Waals surface area contributed by atoms with Crippen molar-refractivity contribution in [2.24, 2.45) is 0 Å². The normalized spacial score (nSPS) is 10.4. The van der Waals surface area contributed by atoms with E-state index in [9.17, 15) is 4.79 Å². The molecule has 4 N–H and O–H groups in total. The quantitative estimate of drug-likeness (QED) is 0.700. The molecule has 94 valence electrons. The summed E-state index contributed by atoms with van der Waals surface area (Å²) in [6, 6.07) is 0.166. The maximum absolute atomic E-state index is 11.4. The maximum atomic E-state index is 11.4. The lowest BCUT2D eigenvalue weighted by molar-refractivity contribution is -0.121. The molecule has 17 heavy (non-hydrogen) atoms. The van der Waals surface area contributed by atoms with Crippen LogP contribution in [0.1, 0.15) is 25.8 Å². The third-order valence-electron chi connectivity index (χ3n) is 2.08. The number of aromatic nitrogens is 2. The average Bonchev–Trinajstić information content (AvgIpc) is 2.22. The van der Waals surface area contributed by atoms with Gasteiger partial charge >= 0.3 is 0 Å². The summed E-state index contributed by atoms with van der Waals surface area (Å²) < 4.78 is 0. The number of anilines is 2. The van der Waals surface area contributed by atoms with E-state index in [0.717, 1.165) is 5.56 Å². The van der Waals surface area contributed by atoms with Crippen LogP contribution < -0.4 is 16.4 Å². The van der Waals surface area contributed by atoms with Crippen molar-refractivity contribution in [1.82, 2.24) is 15.3 Å². The van der Waals surface area contributed by atoms with Crippen molar-refractivity contribution >= 4 is 17.7 Å². The van der Waals surface area contributed by atoms with Gasteiger partial charge in [-0.05, 0) is 20.8 Å². The summed E-state index contributed by atoms with van der Waals surface area (Å²) in [5.74, 6) is 0.923. The third kappa shape index (κ3) is 4.67.